The Morgan fingerprint density at radius 3 is 2.29 bits per heavy atom. The van der Waals surface area contributed by atoms with Crippen LogP contribution in [0.1, 0.15) is 18.4 Å². The van der Waals surface area contributed by atoms with Crippen molar-refractivity contribution in [3.8, 4) is 0 Å². The molecule has 2 aliphatic heterocycles. The van der Waals surface area contributed by atoms with Crippen LogP contribution >= 0.6 is 0 Å². The average Bonchev–Trinajstić information content (AvgIpc) is 3.30. The highest BCUT2D eigenvalue weighted by atomic mass is 32.2. The Morgan fingerprint density at radius 1 is 0.857 bits per heavy atom. The van der Waals surface area contributed by atoms with Crippen molar-refractivity contribution >= 4 is 33.0 Å². The predicted molar refractivity (Wildman–Crippen MR) is 130 cm³/mol. The zero-order valence-corrected chi connectivity index (χ0v) is 19.8. The number of piperidine rings is 1. The molecule has 6 nitrogen and oxygen atoms in total. The molecule has 182 valence electrons. The number of nitrogens with one attached hydrogen (secondary N) is 1. The maximum absolute atomic E-state index is 13.6. The molecule has 0 aliphatic carbocycles. The molecule has 0 spiro atoms. The van der Waals surface area contributed by atoms with Crippen LogP contribution in [0.15, 0.2) is 71.6 Å². The highest BCUT2D eigenvalue weighted by Crippen LogP contribution is 2.38. The number of hydrogen-bond acceptors (Lipinski definition) is 4. The van der Waals surface area contributed by atoms with E-state index in [1.54, 1.807) is 0 Å². The molecule has 0 atom stereocenters. The zero-order valence-electron chi connectivity index (χ0n) is 19.0. The largest absolute Gasteiger partial charge is 0.339 e. The van der Waals surface area contributed by atoms with Crippen LogP contribution in [0.2, 0.25) is 0 Å². The topological polar surface area (TPSA) is 69.7 Å². The molecule has 1 saturated heterocycles. The Balaban J connectivity index is 1.26. The molecule has 3 aromatic carbocycles. The van der Waals surface area contributed by atoms with E-state index in [0.717, 1.165) is 36.5 Å². The van der Waals surface area contributed by atoms with Crippen molar-refractivity contribution < 1.29 is 22.0 Å². The van der Waals surface area contributed by atoms with Gasteiger partial charge in [-0.15, -0.1) is 0 Å². The third kappa shape index (κ3) is 4.53. The number of hydrogen-bond donors (Lipinski definition) is 1. The summed E-state index contributed by atoms with van der Waals surface area (Å²) in [6.45, 7) is 1.08. The van der Waals surface area contributed by atoms with Gasteiger partial charge in [0.15, 0.2) is 11.6 Å². The third-order valence-corrected chi connectivity index (χ3v) is 8.59. The van der Waals surface area contributed by atoms with Crippen LogP contribution in [-0.2, 0) is 21.2 Å². The van der Waals surface area contributed by atoms with Crippen LogP contribution in [-0.4, -0.2) is 38.3 Å². The second-order valence-electron chi connectivity index (χ2n) is 8.79. The van der Waals surface area contributed by atoms with Gasteiger partial charge in [-0.05, 0) is 61.2 Å². The lowest BCUT2D eigenvalue weighted by Gasteiger charge is -2.31. The Bertz CT molecular complexity index is 1370. The Morgan fingerprint density at radius 2 is 1.54 bits per heavy atom. The molecule has 9 heteroatoms. The lowest BCUT2D eigenvalue weighted by atomic mass is 9.97. The second-order valence-corrected chi connectivity index (χ2v) is 10.7. The fourth-order valence-electron chi connectivity index (χ4n) is 4.78. The number of amides is 1. The number of carbonyl (C=O) groups is 1. The predicted octanol–water partition coefficient (Wildman–Crippen LogP) is 4.70. The summed E-state index contributed by atoms with van der Waals surface area (Å²) in [5.41, 5.74) is 4.03. The quantitative estimate of drug-likeness (QED) is 0.555. The fourth-order valence-corrected chi connectivity index (χ4v) is 6.26. The summed E-state index contributed by atoms with van der Waals surface area (Å²) in [5, 5.41) is 3.05. The molecule has 1 N–H and O–H groups in total. The second kappa shape index (κ2) is 9.39. The SMILES string of the molecule is O=C(Nc1ccccc1N1CCc2ccccc21)C1CCN(S(=O)(=O)c2ccc(F)c(F)c2)CC1. The van der Waals surface area contributed by atoms with Gasteiger partial charge in [-0.25, -0.2) is 17.2 Å². The maximum atomic E-state index is 13.6. The number of nitrogens with zero attached hydrogens (tertiary/aromatic N) is 2. The van der Waals surface area contributed by atoms with Crippen molar-refractivity contribution in [2.75, 3.05) is 29.9 Å². The average molecular weight is 498 g/mol. The van der Waals surface area contributed by atoms with Crippen molar-refractivity contribution in [1.29, 1.82) is 0 Å². The van der Waals surface area contributed by atoms with Gasteiger partial charge in [0.2, 0.25) is 15.9 Å². The maximum Gasteiger partial charge on any atom is 0.243 e. The van der Waals surface area contributed by atoms with E-state index in [-0.39, 0.29) is 29.8 Å². The molecule has 0 saturated carbocycles. The first kappa shape index (κ1) is 23.4. The molecule has 0 radical (unpaired) electrons. The molecular formula is C26H25F2N3O3S. The first-order chi connectivity index (χ1) is 16.8. The lowest BCUT2D eigenvalue weighted by molar-refractivity contribution is -0.120. The lowest BCUT2D eigenvalue weighted by Crippen LogP contribution is -2.41. The number of rotatable bonds is 5. The first-order valence-electron chi connectivity index (χ1n) is 11.5. The van der Waals surface area contributed by atoms with Gasteiger partial charge in [-0.1, -0.05) is 30.3 Å². The van der Waals surface area contributed by atoms with E-state index >= 15 is 0 Å². The number of carbonyl (C=O) groups excluding carboxylic acids is 1. The van der Waals surface area contributed by atoms with Crippen LogP contribution in [0.4, 0.5) is 25.8 Å². The third-order valence-electron chi connectivity index (χ3n) is 6.69. The van der Waals surface area contributed by atoms with Gasteiger partial charge in [0.05, 0.1) is 16.3 Å². The molecule has 0 bridgehead atoms. The summed E-state index contributed by atoms with van der Waals surface area (Å²) < 4.78 is 53.7. The van der Waals surface area contributed by atoms with Gasteiger partial charge in [0.1, 0.15) is 0 Å². The van der Waals surface area contributed by atoms with Crippen LogP contribution in [0.25, 0.3) is 0 Å². The first-order valence-corrected chi connectivity index (χ1v) is 13.0. The smallest absolute Gasteiger partial charge is 0.243 e. The van der Waals surface area contributed by atoms with Crippen LogP contribution in [0, 0.1) is 17.6 Å². The van der Waals surface area contributed by atoms with E-state index in [0.29, 0.717) is 24.6 Å². The normalized spacial score (nSPS) is 16.8. The van der Waals surface area contributed by atoms with Gasteiger partial charge in [0.25, 0.3) is 0 Å². The molecule has 3 aromatic rings. The van der Waals surface area contributed by atoms with Gasteiger partial charge < -0.3 is 10.2 Å². The highest BCUT2D eigenvalue weighted by Gasteiger charge is 2.33. The summed E-state index contributed by atoms with van der Waals surface area (Å²) in [6, 6.07) is 18.4. The summed E-state index contributed by atoms with van der Waals surface area (Å²) in [6.07, 6.45) is 1.61. The molecule has 1 fully saturated rings. The number of sulfonamides is 1. The van der Waals surface area contributed by atoms with Crippen molar-refractivity contribution in [1.82, 2.24) is 4.31 Å². The summed E-state index contributed by atoms with van der Waals surface area (Å²) in [7, 11) is -3.97. The number of halogens is 2. The van der Waals surface area contributed by atoms with Crippen LogP contribution < -0.4 is 10.2 Å². The molecule has 1 amide bonds. The minimum atomic E-state index is -3.97. The molecule has 0 unspecified atom stereocenters. The number of anilines is 3. The van der Waals surface area contributed by atoms with Crippen molar-refractivity contribution in [2.45, 2.75) is 24.2 Å². The van der Waals surface area contributed by atoms with E-state index < -0.39 is 21.7 Å². The molecular weight excluding hydrogens is 472 g/mol. The van der Waals surface area contributed by atoms with Crippen molar-refractivity contribution in [3.05, 3.63) is 83.9 Å². The molecule has 5 rings (SSSR count). The summed E-state index contributed by atoms with van der Waals surface area (Å²) in [5.74, 6) is -2.82. The molecule has 35 heavy (non-hydrogen) atoms. The monoisotopic (exact) mass is 497 g/mol. The van der Waals surface area contributed by atoms with E-state index in [9.17, 15) is 22.0 Å². The zero-order chi connectivity index (χ0) is 24.6. The molecule has 2 heterocycles. The summed E-state index contributed by atoms with van der Waals surface area (Å²) in [4.78, 5) is 15.0. The Hall–Kier alpha value is -3.30. The van der Waals surface area contributed by atoms with Gasteiger partial charge >= 0.3 is 0 Å². The molecule has 0 aromatic heterocycles. The van der Waals surface area contributed by atoms with E-state index in [4.69, 9.17) is 0 Å². The number of benzene rings is 3. The van der Waals surface area contributed by atoms with E-state index in [1.165, 1.54) is 9.87 Å². The van der Waals surface area contributed by atoms with Crippen molar-refractivity contribution in [2.24, 2.45) is 5.92 Å². The highest BCUT2D eigenvalue weighted by molar-refractivity contribution is 7.89. The summed E-state index contributed by atoms with van der Waals surface area (Å²) >= 11 is 0. The van der Waals surface area contributed by atoms with Crippen LogP contribution in [0.5, 0.6) is 0 Å². The Kier molecular flexibility index (Phi) is 6.29. The van der Waals surface area contributed by atoms with E-state index in [2.05, 4.69) is 22.3 Å². The Labute approximate surface area is 203 Å². The minimum Gasteiger partial charge on any atom is -0.339 e. The van der Waals surface area contributed by atoms with Crippen LogP contribution in [0.3, 0.4) is 0 Å². The van der Waals surface area contributed by atoms with Gasteiger partial charge in [-0.2, -0.15) is 4.31 Å². The van der Waals surface area contributed by atoms with Gasteiger partial charge in [-0.3, -0.25) is 4.79 Å². The van der Waals surface area contributed by atoms with Gasteiger partial charge in [0, 0.05) is 31.2 Å². The van der Waals surface area contributed by atoms with E-state index in [1.807, 2.05) is 36.4 Å². The fraction of sp³-hybridized carbons (Fsp3) is 0.269. The standard InChI is InChI=1S/C26H25F2N3O3S/c27-21-10-9-20(17-22(21)28)35(33,34)30-14-11-19(12-15-30)26(32)29-23-6-2-4-8-25(23)31-16-13-18-5-1-3-7-24(18)31/h1-10,17,19H,11-16H2,(H,29,32). The minimum absolute atomic E-state index is 0.126. The molecule has 2 aliphatic rings. The number of para-hydroxylation sites is 3. The van der Waals surface area contributed by atoms with Crippen molar-refractivity contribution in [3.63, 3.8) is 0 Å². The number of fused-ring (bicyclic) bond motifs is 1.